The first-order valence-corrected chi connectivity index (χ1v) is 15.7. The summed E-state index contributed by atoms with van der Waals surface area (Å²) in [6, 6.07) is 20.9. The van der Waals surface area contributed by atoms with E-state index in [0.717, 1.165) is 83.7 Å². The van der Waals surface area contributed by atoms with Crippen molar-refractivity contribution in [1.82, 2.24) is 19.9 Å². The second-order valence-electron chi connectivity index (χ2n) is 11.7. The van der Waals surface area contributed by atoms with Crippen molar-refractivity contribution >= 4 is 62.4 Å². The second-order valence-corrected chi connectivity index (χ2v) is 11.7. The lowest BCUT2D eigenvalue weighted by Gasteiger charge is -2.03. The van der Waals surface area contributed by atoms with Crippen LogP contribution in [0.5, 0.6) is 0 Å². The molecule has 1 aromatic carbocycles. The highest BCUT2D eigenvalue weighted by atomic mass is 16.4. The van der Waals surface area contributed by atoms with Gasteiger partial charge < -0.3 is 20.2 Å². The molecule has 8 nitrogen and oxygen atoms in total. The topological polar surface area (TPSA) is 132 Å². The Bertz CT molecular complexity index is 2140. The van der Waals surface area contributed by atoms with Gasteiger partial charge in [0.25, 0.3) is 0 Å². The van der Waals surface area contributed by atoms with Gasteiger partial charge >= 0.3 is 11.9 Å². The van der Waals surface area contributed by atoms with Gasteiger partial charge in [-0.2, -0.15) is 0 Å². The Kier molecular flexibility index (Phi) is 9.91. The van der Waals surface area contributed by atoms with Crippen molar-refractivity contribution in [2.24, 2.45) is 0 Å². The van der Waals surface area contributed by atoms with Crippen LogP contribution < -0.4 is 0 Å². The number of nitrogens with one attached hydrogen (secondary N) is 2. The Balaban J connectivity index is 0.000000677. The van der Waals surface area contributed by atoms with Crippen LogP contribution in [0.3, 0.4) is 0 Å². The summed E-state index contributed by atoms with van der Waals surface area (Å²) >= 11 is 0. The molecule has 8 heteroatoms. The van der Waals surface area contributed by atoms with Crippen molar-refractivity contribution in [3.05, 3.63) is 125 Å². The van der Waals surface area contributed by atoms with Crippen LogP contribution in [0.25, 0.3) is 50.4 Å². The van der Waals surface area contributed by atoms with Gasteiger partial charge in [0, 0.05) is 46.0 Å². The minimum absolute atomic E-state index is 0.0259. The molecule has 5 heterocycles. The Hall–Kier alpha value is -5.94. The molecule has 0 radical (unpaired) electrons. The molecule has 3 aromatic heterocycles. The van der Waals surface area contributed by atoms with E-state index >= 15 is 0 Å². The predicted octanol–water partition coefficient (Wildman–Crippen LogP) is 8.79. The quantitative estimate of drug-likeness (QED) is 0.153. The summed E-state index contributed by atoms with van der Waals surface area (Å²) in [7, 11) is 0. The van der Waals surface area contributed by atoms with Gasteiger partial charge in [0.15, 0.2) is 0 Å². The van der Waals surface area contributed by atoms with E-state index in [0.29, 0.717) is 18.5 Å². The Morgan fingerprint density at radius 1 is 0.708 bits per heavy atom. The highest BCUT2D eigenvalue weighted by molar-refractivity contribution is 5.98. The highest BCUT2D eigenvalue weighted by Crippen LogP contribution is 2.36. The molecule has 0 amide bonds. The normalized spacial score (nSPS) is 12.2. The van der Waals surface area contributed by atoms with Crippen LogP contribution >= 0.6 is 0 Å². The summed E-state index contributed by atoms with van der Waals surface area (Å²) < 4.78 is 0. The zero-order valence-electron chi connectivity index (χ0n) is 27.6. The van der Waals surface area contributed by atoms with Crippen LogP contribution in [0.15, 0.2) is 67.8 Å². The summed E-state index contributed by atoms with van der Waals surface area (Å²) in [5, 5.41) is 18.9. The third-order valence-electron chi connectivity index (χ3n) is 8.77. The summed E-state index contributed by atoms with van der Waals surface area (Å²) in [4.78, 5) is 40.0. The molecule has 0 spiro atoms. The fourth-order valence-electron chi connectivity index (χ4n) is 6.07. The number of carboxylic acids is 2. The van der Waals surface area contributed by atoms with E-state index in [1.807, 2.05) is 82.3 Å². The minimum atomic E-state index is -0.883. The second kappa shape index (κ2) is 14.2. The molecular formula is C40H38N4O4. The molecule has 48 heavy (non-hydrogen) atoms. The maximum absolute atomic E-state index is 11.5. The highest BCUT2D eigenvalue weighted by Gasteiger charge is 2.21. The van der Waals surface area contributed by atoms with E-state index in [2.05, 4.69) is 35.3 Å². The molecule has 0 saturated heterocycles. The number of carboxylic acid groups (broad SMARTS) is 2. The molecule has 0 unspecified atom stereocenters. The molecule has 6 rings (SSSR count). The number of aryl methyl sites for hydroxylation is 3. The van der Waals surface area contributed by atoms with Crippen molar-refractivity contribution in [2.45, 2.75) is 53.4 Å². The monoisotopic (exact) mass is 638 g/mol. The summed E-state index contributed by atoms with van der Waals surface area (Å²) in [5.74, 6) is -1.76. The van der Waals surface area contributed by atoms with Crippen molar-refractivity contribution in [2.75, 3.05) is 0 Å². The lowest BCUT2D eigenvalue weighted by Crippen LogP contribution is -1.98. The summed E-state index contributed by atoms with van der Waals surface area (Å²) in [6.45, 7) is 16.0. The molecule has 0 fully saturated rings. The van der Waals surface area contributed by atoms with Crippen molar-refractivity contribution in [1.29, 1.82) is 0 Å². The van der Waals surface area contributed by atoms with Crippen LogP contribution in [-0.4, -0.2) is 42.1 Å². The molecule has 242 valence electrons. The van der Waals surface area contributed by atoms with Crippen LogP contribution in [0.4, 0.5) is 0 Å². The number of nitrogens with zero attached hydrogens (tertiary/aromatic N) is 2. The number of aromatic nitrogens is 4. The Morgan fingerprint density at radius 3 is 1.85 bits per heavy atom. The first-order valence-electron chi connectivity index (χ1n) is 15.7. The van der Waals surface area contributed by atoms with Gasteiger partial charge in [0.05, 0.1) is 22.8 Å². The Labute approximate surface area is 280 Å². The van der Waals surface area contributed by atoms with E-state index in [4.69, 9.17) is 9.97 Å². The first kappa shape index (κ1) is 33.4. The van der Waals surface area contributed by atoms with E-state index in [1.165, 1.54) is 0 Å². The SMILES string of the molecule is C=CC1=C(C)c2cc3[nH]c(cc4nc(cc5[nH]c(cc1n2)c(C)c5CCC(=O)O)C(CCC(=O)O)=C4C)c(C)c3C=C.c1ccccc#1. The van der Waals surface area contributed by atoms with Gasteiger partial charge in [0.2, 0.25) is 0 Å². The number of carbonyl (C=O) groups is 2. The van der Waals surface area contributed by atoms with E-state index in [1.54, 1.807) is 6.08 Å². The zero-order chi connectivity index (χ0) is 34.5. The van der Waals surface area contributed by atoms with E-state index in [9.17, 15) is 19.8 Å². The Morgan fingerprint density at radius 2 is 1.25 bits per heavy atom. The van der Waals surface area contributed by atoms with Crippen molar-refractivity contribution < 1.29 is 19.8 Å². The van der Waals surface area contributed by atoms with Gasteiger partial charge in [0.1, 0.15) is 0 Å². The van der Waals surface area contributed by atoms with Gasteiger partial charge in [-0.25, -0.2) is 9.97 Å². The number of fused-ring (bicyclic) bond motifs is 8. The average Bonchev–Trinajstić information content (AvgIpc) is 3.72. The maximum atomic E-state index is 11.5. The molecule has 4 aromatic rings. The van der Waals surface area contributed by atoms with Gasteiger partial charge in [-0.15, -0.1) is 0 Å². The number of H-pyrrole nitrogens is 2. The predicted molar refractivity (Wildman–Crippen MR) is 193 cm³/mol. The summed E-state index contributed by atoms with van der Waals surface area (Å²) in [5.41, 5.74) is 13.7. The van der Waals surface area contributed by atoms with Crippen LogP contribution in [0.2, 0.25) is 0 Å². The smallest absolute Gasteiger partial charge is 0.303 e. The zero-order valence-corrected chi connectivity index (χ0v) is 27.6. The largest absolute Gasteiger partial charge is 0.481 e. The van der Waals surface area contributed by atoms with Crippen molar-refractivity contribution in [3.63, 3.8) is 0 Å². The van der Waals surface area contributed by atoms with Crippen LogP contribution in [0.1, 0.15) is 78.1 Å². The fourth-order valence-corrected chi connectivity index (χ4v) is 6.07. The molecular weight excluding hydrogens is 600 g/mol. The first-order chi connectivity index (χ1) is 23.0. The van der Waals surface area contributed by atoms with Crippen LogP contribution in [0, 0.1) is 26.0 Å². The third-order valence-corrected chi connectivity index (χ3v) is 8.77. The lowest BCUT2D eigenvalue weighted by molar-refractivity contribution is -0.137. The number of rotatable bonds is 8. The fraction of sp³-hybridized carbons (Fsp3) is 0.200. The lowest BCUT2D eigenvalue weighted by atomic mass is 10.0. The molecule has 4 N–H and O–H groups in total. The van der Waals surface area contributed by atoms with Gasteiger partial charge in [-0.05, 0) is 110 Å². The molecule has 2 aliphatic rings. The minimum Gasteiger partial charge on any atom is -0.481 e. The van der Waals surface area contributed by atoms with E-state index in [-0.39, 0.29) is 12.8 Å². The standard InChI is InChI=1S/C34H34N4O4.C6H4/c1-7-21-17(3)25-13-26-19(5)23(9-11-33(39)40)31(37-26)16-32-24(10-12-34(41)42)20(6)28(38-32)15-30-22(8-2)18(4)27(36-30)14-29(21)35-25;1-2-4-6-5-3-1/h7-8,13-16,35,38H,1-2,9-12H2,3-6H3,(H,39,40)(H,41,42);1-4H. The molecule has 0 atom stereocenters. The van der Waals surface area contributed by atoms with Gasteiger partial charge in [-0.3, -0.25) is 9.59 Å². The van der Waals surface area contributed by atoms with Crippen LogP contribution in [-0.2, 0) is 16.0 Å². The molecule has 8 bridgehead atoms. The van der Waals surface area contributed by atoms with Gasteiger partial charge in [-0.1, -0.05) is 49.6 Å². The maximum Gasteiger partial charge on any atom is 0.303 e. The molecule has 0 aliphatic carbocycles. The number of allylic oxidation sites excluding steroid dienone is 5. The average molecular weight is 639 g/mol. The summed E-state index contributed by atoms with van der Waals surface area (Å²) in [6.07, 6.45) is 4.22. The third kappa shape index (κ3) is 6.91. The molecule has 2 aliphatic heterocycles. The number of hydrogen-bond donors (Lipinski definition) is 4. The molecule has 0 saturated carbocycles. The number of hydrogen-bond acceptors (Lipinski definition) is 4. The van der Waals surface area contributed by atoms with E-state index < -0.39 is 11.9 Å². The van der Waals surface area contributed by atoms with Crippen molar-refractivity contribution in [3.8, 4) is 0 Å². The number of aliphatic carboxylic acids is 2. The number of aromatic amines is 2.